The van der Waals surface area contributed by atoms with Crippen LogP contribution in [0.15, 0.2) is 59.0 Å². The van der Waals surface area contributed by atoms with E-state index < -0.39 is 0 Å². The molecule has 1 atom stereocenters. The van der Waals surface area contributed by atoms with Crippen molar-refractivity contribution in [2.24, 2.45) is 5.92 Å². The molecule has 37 heavy (non-hydrogen) atoms. The molecule has 6 rings (SSSR count). The fraction of sp³-hybridized carbons (Fsp3) is 0.400. The number of hydrogen-bond acceptors (Lipinski definition) is 5. The number of benzene rings is 2. The lowest BCUT2D eigenvalue weighted by molar-refractivity contribution is -0.134. The van der Waals surface area contributed by atoms with Gasteiger partial charge in [0.25, 0.3) is 5.91 Å². The third kappa shape index (κ3) is 5.01. The van der Waals surface area contributed by atoms with Crippen molar-refractivity contribution >= 4 is 11.8 Å². The number of amides is 2. The Morgan fingerprint density at radius 1 is 1.00 bits per heavy atom. The minimum absolute atomic E-state index is 0.121. The summed E-state index contributed by atoms with van der Waals surface area (Å²) in [4.78, 5) is 29.7. The maximum atomic E-state index is 13.3. The third-order valence-electron chi connectivity index (χ3n) is 7.47. The van der Waals surface area contributed by atoms with Gasteiger partial charge in [0.1, 0.15) is 18.1 Å². The molecule has 2 aromatic carbocycles. The van der Waals surface area contributed by atoms with Crippen LogP contribution in [0.5, 0.6) is 5.75 Å². The zero-order chi connectivity index (χ0) is 25.4. The molecule has 1 aliphatic carbocycles. The van der Waals surface area contributed by atoms with Crippen molar-refractivity contribution in [2.45, 2.75) is 38.8 Å². The van der Waals surface area contributed by atoms with Crippen LogP contribution >= 0.6 is 0 Å². The minimum Gasteiger partial charge on any atom is -0.486 e. The number of rotatable bonds is 6. The van der Waals surface area contributed by atoms with E-state index in [2.05, 4.69) is 48.2 Å². The summed E-state index contributed by atoms with van der Waals surface area (Å²) in [7, 11) is 0. The second-order valence-corrected chi connectivity index (χ2v) is 10.2. The molecule has 3 aliphatic rings. The van der Waals surface area contributed by atoms with Crippen molar-refractivity contribution in [1.82, 2.24) is 9.80 Å². The van der Waals surface area contributed by atoms with Crippen molar-refractivity contribution in [3.63, 3.8) is 0 Å². The predicted molar refractivity (Wildman–Crippen MR) is 137 cm³/mol. The Bertz CT molecular complexity index is 1300. The first-order valence-electron chi connectivity index (χ1n) is 13.2. The van der Waals surface area contributed by atoms with E-state index in [4.69, 9.17) is 13.9 Å². The van der Waals surface area contributed by atoms with Crippen LogP contribution in [0.2, 0.25) is 0 Å². The maximum absolute atomic E-state index is 13.3. The lowest BCUT2D eigenvalue weighted by Gasteiger charge is -2.38. The highest BCUT2D eigenvalue weighted by Gasteiger charge is 2.39. The van der Waals surface area contributed by atoms with E-state index in [0.717, 1.165) is 42.7 Å². The van der Waals surface area contributed by atoms with Gasteiger partial charge in [-0.25, -0.2) is 0 Å². The number of morpholine rings is 1. The summed E-state index contributed by atoms with van der Waals surface area (Å²) in [5.74, 6) is 1.94. The molecule has 0 unspecified atom stereocenters. The van der Waals surface area contributed by atoms with E-state index in [1.165, 1.54) is 11.1 Å². The first kappa shape index (κ1) is 23.8. The molecular formula is C30H32N2O5. The van der Waals surface area contributed by atoms with Crippen LogP contribution in [0, 0.1) is 12.8 Å². The van der Waals surface area contributed by atoms with Gasteiger partial charge in [-0.05, 0) is 67.1 Å². The zero-order valence-electron chi connectivity index (χ0n) is 21.2. The van der Waals surface area contributed by atoms with Crippen LogP contribution in [0.3, 0.4) is 0 Å². The number of aryl methyl sites for hydroxylation is 1. The van der Waals surface area contributed by atoms with Crippen LogP contribution in [0.4, 0.5) is 0 Å². The van der Waals surface area contributed by atoms with Gasteiger partial charge in [0.15, 0.2) is 5.76 Å². The van der Waals surface area contributed by atoms with Crippen LogP contribution in [-0.4, -0.2) is 54.5 Å². The summed E-state index contributed by atoms with van der Waals surface area (Å²) >= 11 is 0. The van der Waals surface area contributed by atoms with Gasteiger partial charge in [-0.1, -0.05) is 35.9 Å². The molecule has 1 saturated heterocycles. The van der Waals surface area contributed by atoms with Gasteiger partial charge >= 0.3 is 0 Å². The summed E-state index contributed by atoms with van der Waals surface area (Å²) in [5, 5.41) is 0. The number of ether oxygens (including phenoxy) is 2. The highest BCUT2D eigenvalue weighted by Crippen LogP contribution is 2.41. The van der Waals surface area contributed by atoms with Crippen LogP contribution < -0.4 is 4.74 Å². The molecule has 3 aromatic rings. The Morgan fingerprint density at radius 3 is 2.62 bits per heavy atom. The fourth-order valence-corrected chi connectivity index (χ4v) is 5.33. The largest absolute Gasteiger partial charge is 0.486 e. The Kier molecular flexibility index (Phi) is 6.47. The fourth-order valence-electron chi connectivity index (χ4n) is 5.33. The van der Waals surface area contributed by atoms with Gasteiger partial charge < -0.3 is 23.7 Å². The number of hydrogen-bond donors (Lipinski definition) is 0. The minimum atomic E-state index is -0.123. The van der Waals surface area contributed by atoms with Gasteiger partial charge in [-0.3, -0.25) is 9.59 Å². The molecule has 7 nitrogen and oxygen atoms in total. The van der Waals surface area contributed by atoms with Crippen molar-refractivity contribution in [1.29, 1.82) is 0 Å². The number of fused-ring (bicyclic) bond motifs is 1. The van der Waals surface area contributed by atoms with Gasteiger partial charge in [-0.15, -0.1) is 0 Å². The third-order valence-corrected chi connectivity index (χ3v) is 7.47. The molecule has 0 radical (unpaired) electrons. The summed E-state index contributed by atoms with van der Waals surface area (Å²) in [6, 6.07) is 18.0. The van der Waals surface area contributed by atoms with Crippen LogP contribution in [0.1, 0.15) is 57.5 Å². The normalized spacial score (nSPS) is 19.4. The molecule has 7 heteroatoms. The number of furan rings is 1. The van der Waals surface area contributed by atoms with Crippen molar-refractivity contribution < 1.29 is 23.5 Å². The molecule has 0 spiro atoms. The Hall–Kier alpha value is -3.58. The summed E-state index contributed by atoms with van der Waals surface area (Å²) in [6.07, 6.45) is 2.82. The number of nitrogens with zero attached hydrogens (tertiary/aromatic N) is 2. The first-order valence-corrected chi connectivity index (χ1v) is 13.2. The van der Waals surface area contributed by atoms with Crippen molar-refractivity contribution in [3.8, 4) is 5.75 Å². The highest BCUT2D eigenvalue weighted by atomic mass is 16.5. The molecule has 0 N–H and O–H groups in total. The average Bonchev–Trinajstić information content (AvgIpc) is 3.68. The molecule has 192 valence electrons. The molecule has 2 amide bonds. The van der Waals surface area contributed by atoms with Gasteiger partial charge in [0.2, 0.25) is 5.91 Å². The van der Waals surface area contributed by atoms with E-state index in [1.54, 1.807) is 17.0 Å². The second kappa shape index (κ2) is 10.1. The predicted octanol–water partition coefficient (Wildman–Crippen LogP) is 4.52. The zero-order valence-corrected chi connectivity index (χ0v) is 21.2. The number of carbonyl (C=O) groups is 2. The Balaban J connectivity index is 1.22. The standard InChI is InChI=1S/C30H32N2O5/c1-20-3-2-4-23(17-20)28-26-18-24(8-7-21(26)11-12-32(28)29(33)22-5-6-22)36-19-25-9-10-27(37-25)30(34)31-13-15-35-16-14-31/h2-4,7-10,17-18,22,28H,5-6,11-16,19H2,1H3/t28-/m0/s1. The molecule has 0 bridgehead atoms. The van der Waals surface area contributed by atoms with Gasteiger partial charge in [-0.2, -0.15) is 0 Å². The van der Waals surface area contributed by atoms with E-state index >= 15 is 0 Å². The molecule has 3 heterocycles. The number of carbonyl (C=O) groups excluding carboxylic acids is 2. The monoisotopic (exact) mass is 500 g/mol. The lowest BCUT2D eigenvalue weighted by atomic mass is 9.87. The molecule has 1 aromatic heterocycles. The lowest BCUT2D eigenvalue weighted by Crippen LogP contribution is -2.41. The molecule has 2 fully saturated rings. The van der Waals surface area contributed by atoms with Gasteiger partial charge in [0.05, 0.1) is 19.3 Å². The van der Waals surface area contributed by atoms with E-state index in [-0.39, 0.29) is 30.4 Å². The topological polar surface area (TPSA) is 72.2 Å². The first-order chi connectivity index (χ1) is 18.1. The Morgan fingerprint density at radius 2 is 1.84 bits per heavy atom. The Labute approximate surface area is 217 Å². The smallest absolute Gasteiger partial charge is 0.289 e. The van der Waals surface area contributed by atoms with E-state index in [9.17, 15) is 9.59 Å². The second-order valence-electron chi connectivity index (χ2n) is 10.2. The van der Waals surface area contributed by atoms with Crippen molar-refractivity contribution in [3.05, 3.63) is 88.4 Å². The molecule has 1 saturated carbocycles. The SMILES string of the molecule is Cc1cccc([C@H]2c3cc(OCc4ccc(C(=O)N5CCOCC5)o4)ccc3CCN2C(=O)C2CC2)c1. The molecular weight excluding hydrogens is 468 g/mol. The van der Waals surface area contributed by atoms with E-state index in [0.29, 0.717) is 37.8 Å². The summed E-state index contributed by atoms with van der Waals surface area (Å²) in [6.45, 7) is 5.28. The van der Waals surface area contributed by atoms with Gasteiger partial charge in [0, 0.05) is 25.6 Å². The van der Waals surface area contributed by atoms with Crippen molar-refractivity contribution in [2.75, 3.05) is 32.8 Å². The van der Waals surface area contributed by atoms with Crippen LogP contribution in [-0.2, 0) is 22.6 Å². The molecule has 2 aliphatic heterocycles. The maximum Gasteiger partial charge on any atom is 0.289 e. The summed E-state index contributed by atoms with van der Waals surface area (Å²) < 4.78 is 17.3. The van der Waals surface area contributed by atoms with E-state index in [1.807, 2.05) is 6.07 Å². The van der Waals surface area contributed by atoms with Crippen LogP contribution in [0.25, 0.3) is 0 Å². The highest BCUT2D eigenvalue weighted by molar-refractivity contribution is 5.91. The quantitative estimate of drug-likeness (QED) is 0.498. The summed E-state index contributed by atoms with van der Waals surface area (Å²) in [5.41, 5.74) is 4.67. The average molecular weight is 501 g/mol.